The van der Waals surface area contributed by atoms with Gasteiger partial charge in [0.15, 0.2) is 0 Å². The molecule has 0 spiro atoms. The summed E-state index contributed by atoms with van der Waals surface area (Å²) < 4.78 is 10.5. The van der Waals surface area contributed by atoms with Gasteiger partial charge in [0.05, 0.1) is 19.3 Å². The van der Waals surface area contributed by atoms with Crippen LogP contribution in [0.2, 0.25) is 0 Å². The number of benzene rings is 1. The minimum absolute atomic E-state index is 0.327. The van der Waals surface area contributed by atoms with Gasteiger partial charge >= 0.3 is 5.97 Å². The second-order valence-corrected chi connectivity index (χ2v) is 9.88. The number of nitrogens with zero attached hydrogens (tertiary/aromatic N) is 2. The molecule has 0 aliphatic rings. The van der Waals surface area contributed by atoms with Crippen LogP contribution in [0.25, 0.3) is 0 Å². The Morgan fingerprint density at radius 1 is 0.842 bits per heavy atom. The van der Waals surface area contributed by atoms with Crippen molar-refractivity contribution in [3.8, 4) is 5.75 Å². The molecule has 0 aromatic heterocycles. The quantitative estimate of drug-likeness (QED) is 0.111. The van der Waals surface area contributed by atoms with E-state index >= 15 is 0 Å². The maximum absolute atomic E-state index is 11.5. The van der Waals surface area contributed by atoms with Gasteiger partial charge in [-0.2, -0.15) is 0 Å². The highest BCUT2D eigenvalue weighted by atomic mass is 16.5. The Kier molecular flexibility index (Phi) is 20.9. The van der Waals surface area contributed by atoms with Gasteiger partial charge in [0, 0.05) is 71.5 Å². The molecule has 9 heteroatoms. The van der Waals surface area contributed by atoms with E-state index in [-0.39, 0.29) is 5.97 Å². The lowest BCUT2D eigenvalue weighted by molar-refractivity contribution is 0.0600. The molecule has 0 aliphatic heterocycles. The van der Waals surface area contributed by atoms with Crippen LogP contribution in [0.4, 0.5) is 0 Å². The van der Waals surface area contributed by atoms with E-state index in [1.165, 1.54) is 20.0 Å². The van der Waals surface area contributed by atoms with E-state index in [1.807, 2.05) is 12.1 Å². The molecule has 220 valence electrons. The van der Waals surface area contributed by atoms with E-state index in [9.17, 15) is 4.79 Å². The molecule has 0 unspecified atom stereocenters. The highest BCUT2D eigenvalue weighted by Gasteiger charge is 2.07. The maximum Gasteiger partial charge on any atom is 0.337 e. The number of esters is 1. The molecular weight excluding hydrogens is 480 g/mol. The first-order valence-electron chi connectivity index (χ1n) is 14.6. The van der Waals surface area contributed by atoms with E-state index in [2.05, 4.69) is 46.5 Å². The second-order valence-electron chi connectivity index (χ2n) is 9.88. The fourth-order valence-corrected chi connectivity index (χ4v) is 4.17. The molecule has 0 bridgehead atoms. The van der Waals surface area contributed by atoms with Crippen LogP contribution in [0.3, 0.4) is 0 Å². The van der Waals surface area contributed by atoms with Crippen LogP contribution in [0, 0.1) is 0 Å². The van der Waals surface area contributed by atoms with Crippen LogP contribution in [0.1, 0.15) is 56.8 Å². The summed E-state index contributed by atoms with van der Waals surface area (Å²) >= 11 is 0. The third-order valence-electron chi connectivity index (χ3n) is 6.65. The molecule has 0 amide bonds. The number of carbonyl (C=O) groups is 1. The van der Waals surface area contributed by atoms with Gasteiger partial charge in [0.2, 0.25) is 0 Å². The molecule has 0 fully saturated rings. The minimum Gasteiger partial charge on any atom is -0.494 e. The normalized spacial score (nSPS) is 11.6. The first kappa shape index (κ1) is 34.3. The Hall–Kier alpha value is -1.75. The van der Waals surface area contributed by atoms with Crippen molar-refractivity contribution in [3.05, 3.63) is 29.8 Å². The fraction of sp³-hybridized carbons (Fsp3) is 0.759. The van der Waals surface area contributed by atoms with Crippen molar-refractivity contribution in [1.82, 2.24) is 25.8 Å². The average Bonchev–Trinajstić information content (AvgIpc) is 2.93. The summed E-state index contributed by atoms with van der Waals surface area (Å²) in [6.45, 7) is 19.5. The van der Waals surface area contributed by atoms with Crippen LogP contribution in [-0.2, 0) is 4.74 Å². The van der Waals surface area contributed by atoms with Gasteiger partial charge in [-0.05, 0) is 64.0 Å². The summed E-state index contributed by atoms with van der Waals surface area (Å²) in [5, 5.41) is 10.7. The number of rotatable bonds is 25. The van der Waals surface area contributed by atoms with E-state index < -0.39 is 0 Å². The monoisotopic (exact) mass is 536 g/mol. The molecule has 1 aromatic carbocycles. The third-order valence-corrected chi connectivity index (χ3v) is 6.65. The first-order valence-corrected chi connectivity index (χ1v) is 14.6. The molecule has 0 atom stereocenters. The summed E-state index contributed by atoms with van der Waals surface area (Å²) in [6, 6.07) is 7.64. The number of hydrogen-bond donors (Lipinski definition) is 4. The van der Waals surface area contributed by atoms with Crippen molar-refractivity contribution < 1.29 is 14.3 Å². The zero-order chi connectivity index (χ0) is 27.8. The second kappa shape index (κ2) is 23.2. The fourth-order valence-electron chi connectivity index (χ4n) is 4.17. The Bertz CT molecular complexity index is 689. The number of ether oxygens (including phenoxy) is 2. The molecule has 0 saturated heterocycles. The molecule has 0 heterocycles. The molecule has 0 aliphatic carbocycles. The van der Waals surface area contributed by atoms with Crippen molar-refractivity contribution in [3.63, 3.8) is 0 Å². The standard InChI is InChI=1S/C29H56N6O3/c1-5-34(23-19-32-16-17-33-20-24-35(21-14-30)26(2)3)22-18-31-15-8-6-7-9-25-38-28-12-10-27(11-13-28)29(36)37-4/h10-13,26,31-33H,5-9,14-25,30H2,1-4H3. The van der Waals surface area contributed by atoms with Gasteiger partial charge < -0.3 is 36.1 Å². The molecular formula is C29H56N6O3. The number of hydrogen-bond acceptors (Lipinski definition) is 9. The number of nitrogens with one attached hydrogen (secondary N) is 3. The lowest BCUT2D eigenvalue weighted by atomic mass is 10.2. The van der Waals surface area contributed by atoms with Crippen molar-refractivity contribution in [2.24, 2.45) is 5.73 Å². The largest absolute Gasteiger partial charge is 0.494 e. The molecule has 0 saturated carbocycles. The van der Waals surface area contributed by atoms with Crippen LogP contribution in [-0.4, -0.2) is 114 Å². The number of likely N-dealkylation sites (N-methyl/N-ethyl adjacent to an activating group) is 1. The summed E-state index contributed by atoms with van der Waals surface area (Å²) in [5.41, 5.74) is 6.23. The molecule has 1 rings (SSSR count). The predicted molar refractivity (Wildman–Crippen MR) is 158 cm³/mol. The Labute approximate surface area is 232 Å². The number of nitrogens with two attached hydrogens (primary N) is 1. The maximum atomic E-state index is 11.5. The molecule has 1 aromatic rings. The minimum atomic E-state index is -0.327. The zero-order valence-corrected chi connectivity index (χ0v) is 24.6. The average molecular weight is 537 g/mol. The van der Waals surface area contributed by atoms with Gasteiger partial charge in [0.25, 0.3) is 0 Å². The van der Waals surface area contributed by atoms with Crippen molar-refractivity contribution in [1.29, 1.82) is 0 Å². The SMILES string of the molecule is CCN(CCNCCCCCCOc1ccc(C(=O)OC)cc1)CCNCCNCCN(CCN)C(C)C. The highest BCUT2D eigenvalue weighted by molar-refractivity contribution is 5.89. The van der Waals surface area contributed by atoms with Crippen molar-refractivity contribution in [2.45, 2.75) is 52.5 Å². The van der Waals surface area contributed by atoms with E-state index in [0.717, 1.165) is 97.1 Å². The number of methoxy groups -OCH3 is 1. The molecule has 0 radical (unpaired) electrons. The molecule has 5 N–H and O–H groups in total. The lowest BCUT2D eigenvalue weighted by Gasteiger charge is -2.25. The molecule has 38 heavy (non-hydrogen) atoms. The molecule has 9 nitrogen and oxygen atoms in total. The van der Waals surface area contributed by atoms with E-state index in [1.54, 1.807) is 12.1 Å². The predicted octanol–water partition coefficient (Wildman–Crippen LogP) is 2.17. The van der Waals surface area contributed by atoms with E-state index in [0.29, 0.717) is 18.2 Å². The smallest absolute Gasteiger partial charge is 0.337 e. The highest BCUT2D eigenvalue weighted by Crippen LogP contribution is 2.13. The summed E-state index contributed by atoms with van der Waals surface area (Å²) in [4.78, 5) is 16.4. The van der Waals surface area contributed by atoms with Crippen LogP contribution < -0.4 is 26.4 Å². The Balaban J connectivity index is 1.92. The van der Waals surface area contributed by atoms with Gasteiger partial charge in [-0.3, -0.25) is 4.90 Å². The summed E-state index contributed by atoms with van der Waals surface area (Å²) in [6.07, 6.45) is 4.59. The van der Waals surface area contributed by atoms with Crippen LogP contribution >= 0.6 is 0 Å². The Morgan fingerprint density at radius 2 is 1.45 bits per heavy atom. The van der Waals surface area contributed by atoms with Crippen LogP contribution in [0.15, 0.2) is 24.3 Å². The van der Waals surface area contributed by atoms with Crippen molar-refractivity contribution in [2.75, 3.05) is 92.3 Å². The van der Waals surface area contributed by atoms with Gasteiger partial charge in [-0.15, -0.1) is 0 Å². The first-order chi connectivity index (χ1) is 18.5. The zero-order valence-electron chi connectivity index (χ0n) is 24.6. The van der Waals surface area contributed by atoms with Crippen molar-refractivity contribution >= 4 is 5.97 Å². The van der Waals surface area contributed by atoms with Crippen LogP contribution in [0.5, 0.6) is 5.75 Å². The number of carbonyl (C=O) groups excluding carboxylic acids is 1. The third kappa shape index (κ3) is 17.0. The Morgan fingerprint density at radius 3 is 2.03 bits per heavy atom. The summed E-state index contributed by atoms with van der Waals surface area (Å²) in [7, 11) is 1.38. The lowest BCUT2D eigenvalue weighted by Crippen LogP contribution is -2.41. The van der Waals surface area contributed by atoms with Gasteiger partial charge in [-0.1, -0.05) is 19.8 Å². The number of unbranched alkanes of at least 4 members (excludes halogenated alkanes) is 3. The van der Waals surface area contributed by atoms with Gasteiger partial charge in [0.1, 0.15) is 5.75 Å². The van der Waals surface area contributed by atoms with E-state index in [4.69, 9.17) is 15.2 Å². The summed E-state index contributed by atoms with van der Waals surface area (Å²) in [5.74, 6) is 0.464. The topological polar surface area (TPSA) is 104 Å². The van der Waals surface area contributed by atoms with Gasteiger partial charge in [-0.25, -0.2) is 4.79 Å².